The number of nitrogens with zero attached hydrogens (tertiary/aromatic N) is 1. The van der Waals surface area contributed by atoms with Gasteiger partial charge < -0.3 is 4.98 Å². The lowest BCUT2D eigenvalue weighted by atomic mass is 9.98. The van der Waals surface area contributed by atoms with E-state index in [1.165, 1.54) is 33.0 Å². The van der Waals surface area contributed by atoms with Crippen LogP contribution in [0.25, 0.3) is 44.3 Å². The molecular weight excluding hydrogens is 328 g/mol. The average Bonchev–Trinajstić information content (AvgIpc) is 3.06. The first-order valence-electron chi connectivity index (χ1n) is 9.24. The standard InChI is InChI=1S/C25H20N2/c1-16-8-11-19(12-9-16)23-15-20(18-6-4-3-5-7-18)24-21-14-17(2)10-13-22(21)26-25(24)27-23/h3-15H,1-2H3,(H,26,27). The van der Waals surface area contributed by atoms with Crippen molar-refractivity contribution in [2.75, 3.05) is 0 Å². The molecule has 0 aliphatic heterocycles. The fraction of sp³-hybridized carbons (Fsp3) is 0.0800. The van der Waals surface area contributed by atoms with Crippen molar-refractivity contribution >= 4 is 21.9 Å². The predicted octanol–water partition coefficient (Wildman–Crippen LogP) is 6.67. The van der Waals surface area contributed by atoms with E-state index in [2.05, 4.69) is 97.7 Å². The van der Waals surface area contributed by atoms with E-state index in [4.69, 9.17) is 4.98 Å². The molecule has 5 aromatic rings. The van der Waals surface area contributed by atoms with E-state index < -0.39 is 0 Å². The van der Waals surface area contributed by atoms with Crippen molar-refractivity contribution < 1.29 is 0 Å². The Morgan fingerprint density at radius 2 is 1.44 bits per heavy atom. The van der Waals surface area contributed by atoms with Crippen molar-refractivity contribution in [2.45, 2.75) is 13.8 Å². The first-order chi connectivity index (χ1) is 13.2. The molecule has 2 heterocycles. The molecule has 2 heteroatoms. The third kappa shape index (κ3) is 2.70. The van der Waals surface area contributed by atoms with Gasteiger partial charge in [0.1, 0.15) is 5.65 Å². The summed E-state index contributed by atoms with van der Waals surface area (Å²) in [6, 6.07) is 27.9. The summed E-state index contributed by atoms with van der Waals surface area (Å²) >= 11 is 0. The Labute approximate surface area is 158 Å². The highest BCUT2D eigenvalue weighted by atomic mass is 14.9. The van der Waals surface area contributed by atoms with Crippen LogP contribution in [0.4, 0.5) is 0 Å². The summed E-state index contributed by atoms with van der Waals surface area (Å²) in [6.07, 6.45) is 0. The lowest BCUT2D eigenvalue weighted by Crippen LogP contribution is -1.89. The van der Waals surface area contributed by atoms with Crippen molar-refractivity contribution in [1.29, 1.82) is 0 Å². The quantitative estimate of drug-likeness (QED) is 0.379. The highest BCUT2D eigenvalue weighted by Crippen LogP contribution is 2.36. The van der Waals surface area contributed by atoms with Gasteiger partial charge in [-0.05, 0) is 43.2 Å². The average molecular weight is 348 g/mol. The van der Waals surface area contributed by atoms with Crippen LogP contribution in [0.3, 0.4) is 0 Å². The molecule has 0 amide bonds. The number of aromatic nitrogens is 2. The van der Waals surface area contributed by atoms with Crippen LogP contribution >= 0.6 is 0 Å². The number of aryl methyl sites for hydroxylation is 2. The van der Waals surface area contributed by atoms with E-state index in [1.54, 1.807) is 0 Å². The van der Waals surface area contributed by atoms with E-state index in [1.807, 2.05) is 0 Å². The van der Waals surface area contributed by atoms with Crippen LogP contribution in [-0.4, -0.2) is 9.97 Å². The second-order valence-corrected chi connectivity index (χ2v) is 7.18. The minimum atomic E-state index is 0.938. The molecule has 2 aromatic heterocycles. The van der Waals surface area contributed by atoms with Gasteiger partial charge in [0.15, 0.2) is 0 Å². The number of nitrogens with one attached hydrogen (secondary N) is 1. The lowest BCUT2D eigenvalue weighted by molar-refractivity contribution is 1.34. The number of hydrogen-bond acceptors (Lipinski definition) is 1. The van der Waals surface area contributed by atoms with Crippen LogP contribution < -0.4 is 0 Å². The molecule has 0 saturated carbocycles. The second kappa shape index (κ2) is 6.10. The molecule has 0 fully saturated rings. The first-order valence-corrected chi connectivity index (χ1v) is 9.24. The van der Waals surface area contributed by atoms with Crippen molar-refractivity contribution in [1.82, 2.24) is 9.97 Å². The molecule has 0 unspecified atom stereocenters. The van der Waals surface area contributed by atoms with Gasteiger partial charge in [0.25, 0.3) is 0 Å². The van der Waals surface area contributed by atoms with Gasteiger partial charge in [-0.1, -0.05) is 71.8 Å². The molecule has 5 rings (SSSR count). The zero-order valence-corrected chi connectivity index (χ0v) is 15.5. The molecule has 0 bridgehead atoms. The lowest BCUT2D eigenvalue weighted by Gasteiger charge is -2.09. The summed E-state index contributed by atoms with van der Waals surface area (Å²) < 4.78 is 0. The van der Waals surface area contributed by atoms with Crippen LogP contribution in [0.2, 0.25) is 0 Å². The van der Waals surface area contributed by atoms with Crippen LogP contribution in [0.5, 0.6) is 0 Å². The maximum atomic E-state index is 4.97. The monoisotopic (exact) mass is 348 g/mol. The maximum absolute atomic E-state index is 4.97. The highest BCUT2D eigenvalue weighted by Gasteiger charge is 2.14. The van der Waals surface area contributed by atoms with E-state index in [9.17, 15) is 0 Å². The minimum absolute atomic E-state index is 0.938. The normalized spacial score (nSPS) is 11.3. The molecule has 0 radical (unpaired) electrons. The first kappa shape index (κ1) is 15.8. The predicted molar refractivity (Wildman–Crippen MR) is 114 cm³/mol. The SMILES string of the molecule is Cc1ccc(-c2cc(-c3ccccc3)c3c(n2)[nH]c2ccc(C)cc23)cc1. The topological polar surface area (TPSA) is 28.7 Å². The van der Waals surface area contributed by atoms with Crippen LogP contribution in [0, 0.1) is 13.8 Å². The van der Waals surface area contributed by atoms with Gasteiger partial charge in [-0.25, -0.2) is 4.98 Å². The molecule has 0 atom stereocenters. The zero-order valence-electron chi connectivity index (χ0n) is 15.5. The molecule has 0 spiro atoms. The van der Waals surface area contributed by atoms with E-state index in [0.29, 0.717) is 0 Å². The Morgan fingerprint density at radius 3 is 2.22 bits per heavy atom. The largest absolute Gasteiger partial charge is 0.339 e. The van der Waals surface area contributed by atoms with Crippen LogP contribution in [0.15, 0.2) is 78.9 Å². The number of rotatable bonds is 2. The van der Waals surface area contributed by atoms with Crippen molar-refractivity contribution in [3.05, 3.63) is 90.0 Å². The number of benzene rings is 3. The third-order valence-corrected chi connectivity index (χ3v) is 5.15. The summed E-state index contributed by atoms with van der Waals surface area (Å²) in [5.74, 6) is 0. The van der Waals surface area contributed by atoms with Gasteiger partial charge in [0.2, 0.25) is 0 Å². The Hall–Kier alpha value is -3.39. The van der Waals surface area contributed by atoms with Gasteiger partial charge in [0, 0.05) is 21.9 Å². The number of H-pyrrole nitrogens is 1. The summed E-state index contributed by atoms with van der Waals surface area (Å²) in [4.78, 5) is 8.50. The number of aromatic amines is 1. The molecule has 2 nitrogen and oxygen atoms in total. The van der Waals surface area contributed by atoms with Gasteiger partial charge in [-0.15, -0.1) is 0 Å². The van der Waals surface area contributed by atoms with Crippen molar-refractivity contribution in [3.63, 3.8) is 0 Å². The minimum Gasteiger partial charge on any atom is -0.339 e. The molecular formula is C25H20N2. The highest BCUT2D eigenvalue weighted by molar-refractivity contribution is 6.13. The molecule has 0 aliphatic rings. The second-order valence-electron chi connectivity index (χ2n) is 7.18. The van der Waals surface area contributed by atoms with Crippen molar-refractivity contribution in [3.8, 4) is 22.4 Å². The summed E-state index contributed by atoms with van der Waals surface area (Å²) in [5, 5.41) is 2.42. The van der Waals surface area contributed by atoms with Gasteiger partial charge >= 0.3 is 0 Å². The van der Waals surface area contributed by atoms with Gasteiger partial charge in [-0.2, -0.15) is 0 Å². The third-order valence-electron chi connectivity index (χ3n) is 5.15. The number of hydrogen-bond donors (Lipinski definition) is 1. The van der Waals surface area contributed by atoms with Crippen LogP contribution in [0.1, 0.15) is 11.1 Å². The summed E-state index contributed by atoms with van der Waals surface area (Å²) in [6.45, 7) is 4.24. The zero-order chi connectivity index (χ0) is 18.4. The van der Waals surface area contributed by atoms with Crippen LogP contribution in [-0.2, 0) is 0 Å². The molecule has 130 valence electrons. The molecule has 0 aliphatic carbocycles. The fourth-order valence-corrected chi connectivity index (χ4v) is 3.73. The molecule has 1 N–H and O–H groups in total. The molecule has 3 aromatic carbocycles. The van der Waals surface area contributed by atoms with Gasteiger partial charge in [-0.3, -0.25) is 0 Å². The van der Waals surface area contributed by atoms with Crippen molar-refractivity contribution in [2.24, 2.45) is 0 Å². The summed E-state index contributed by atoms with van der Waals surface area (Å²) in [5.41, 5.74) is 9.12. The maximum Gasteiger partial charge on any atom is 0.139 e. The Morgan fingerprint density at radius 1 is 0.704 bits per heavy atom. The molecule has 27 heavy (non-hydrogen) atoms. The van der Waals surface area contributed by atoms with Gasteiger partial charge in [0.05, 0.1) is 5.69 Å². The van der Waals surface area contributed by atoms with E-state index in [0.717, 1.165) is 22.4 Å². The summed E-state index contributed by atoms with van der Waals surface area (Å²) in [7, 11) is 0. The Balaban J connectivity index is 1.87. The smallest absolute Gasteiger partial charge is 0.139 e. The number of fused-ring (bicyclic) bond motifs is 3. The fourth-order valence-electron chi connectivity index (χ4n) is 3.73. The van der Waals surface area contributed by atoms with E-state index in [-0.39, 0.29) is 0 Å². The van der Waals surface area contributed by atoms with E-state index >= 15 is 0 Å². The molecule has 0 saturated heterocycles. The Bertz CT molecular complexity index is 1260. The number of pyridine rings is 1. The Kier molecular flexibility index (Phi) is 3.58.